The molecule has 0 radical (unpaired) electrons. The largest absolute Gasteiger partial charge is 0.480 e. The number of nitrogens with one attached hydrogen (secondary N) is 9. The number of H-pyrrole nitrogens is 1. The zero-order chi connectivity index (χ0) is 56.2. The van der Waals surface area contributed by atoms with Crippen LogP contribution in [0.4, 0.5) is 0 Å². The highest BCUT2D eigenvalue weighted by atomic mass is 32.1. The second kappa shape index (κ2) is 29.5. The summed E-state index contributed by atoms with van der Waals surface area (Å²) in [6.45, 7) is 3.63. The Balaban J connectivity index is 1.53. The van der Waals surface area contributed by atoms with Gasteiger partial charge in [-0.3, -0.25) is 43.2 Å². The van der Waals surface area contributed by atoms with E-state index in [1.54, 1.807) is 66.9 Å². The molecule has 0 saturated heterocycles. The van der Waals surface area contributed by atoms with E-state index in [-0.39, 0.29) is 25.0 Å². The molecule has 0 fully saturated rings. The van der Waals surface area contributed by atoms with Crippen molar-refractivity contribution in [3.8, 4) is 0 Å². The van der Waals surface area contributed by atoms with Gasteiger partial charge in [0.05, 0.1) is 24.7 Å². The molecular formula is C50H65N11O13S2. The van der Waals surface area contributed by atoms with Crippen LogP contribution >= 0.6 is 25.3 Å². The highest BCUT2D eigenvalue weighted by molar-refractivity contribution is 7.80. The predicted molar refractivity (Wildman–Crippen MR) is 284 cm³/mol. The van der Waals surface area contributed by atoms with Crippen LogP contribution in [0.2, 0.25) is 0 Å². The standard InChI is InChI=1S/C50H65N11O13S2/c1-25(42(65)59-38(24-76)50(73)74)54-48(71)40(26(2)62)61-47(70)37(23-75)58-45(68)34(18-28-12-6-4-7-13-28)55-46(69)36(21-39(52)64)56-44(67)35(19-29-14-8-5-9-15-29)57-49(72)41(27(3)63)60-43(66)32(51)20-30-22-53-33-17-11-10-16-31(30)33/h4-17,22,25-27,32,34-38,40-41,53,62-63,75-76H,18-21,23-24,51H2,1-3H3,(H2,52,64)(H,54,71)(H,55,69)(H,56,67)(H,57,72)(H,58,68)(H,59,65)(H,60,66)(H,61,70)(H,73,74)/t25-,26+,27+,32-,34-,35-,36-,37-,38-,40-,41-/m0/s1. The number of hydrogen-bond donors (Lipinski definition) is 16. The first-order valence-electron chi connectivity index (χ1n) is 23.9. The van der Waals surface area contributed by atoms with Gasteiger partial charge in [0.2, 0.25) is 53.2 Å². The minimum absolute atomic E-state index is 0.0669. The van der Waals surface area contributed by atoms with Gasteiger partial charge in [-0.05, 0) is 49.9 Å². The number of carboxylic acids is 1. The highest BCUT2D eigenvalue weighted by Crippen LogP contribution is 2.19. The average molecular weight is 1090 g/mol. The van der Waals surface area contributed by atoms with Gasteiger partial charge in [0.25, 0.3) is 0 Å². The number of benzene rings is 3. The summed E-state index contributed by atoms with van der Waals surface area (Å²) in [6.07, 6.45) is -2.55. The third-order valence-electron chi connectivity index (χ3n) is 11.8. The van der Waals surface area contributed by atoms with Gasteiger partial charge in [-0.25, -0.2) is 4.79 Å². The number of nitrogens with two attached hydrogens (primary N) is 2. The molecular weight excluding hydrogens is 1030 g/mol. The number of carboxylic acid groups (broad SMARTS) is 1. The minimum Gasteiger partial charge on any atom is -0.480 e. The Morgan fingerprint density at radius 2 is 0.934 bits per heavy atom. The number of aliphatic hydroxyl groups excluding tert-OH is 2. The van der Waals surface area contributed by atoms with E-state index in [0.717, 1.165) is 23.4 Å². The van der Waals surface area contributed by atoms with Gasteiger partial charge in [0.1, 0.15) is 48.3 Å². The van der Waals surface area contributed by atoms with Gasteiger partial charge in [0, 0.05) is 41.4 Å². The second-order valence-electron chi connectivity index (χ2n) is 17.9. The lowest BCUT2D eigenvalue weighted by molar-refractivity contribution is -0.141. The van der Waals surface area contributed by atoms with Crippen LogP contribution in [0.1, 0.15) is 43.9 Å². The summed E-state index contributed by atoms with van der Waals surface area (Å²) in [6, 6.07) is 10.3. The van der Waals surface area contributed by atoms with Crippen LogP contribution in [0, 0.1) is 0 Å². The van der Waals surface area contributed by atoms with Gasteiger partial charge in [-0.1, -0.05) is 78.9 Å². The summed E-state index contributed by atoms with van der Waals surface area (Å²) in [5, 5.41) is 50.5. The number of thiol groups is 2. The topological polar surface area (TPSA) is 395 Å². The van der Waals surface area contributed by atoms with Crippen LogP contribution < -0.4 is 54.0 Å². The molecule has 1 heterocycles. The van der Waals surface area contributed by atoms with E-state index in [1.165, 1.54) is 13.8 Å². The van der Waals surface area contributed by atoms with Gasteiger partial charge < -0.3 is 74.3 Å². The monoisotopic (exact) mass is 1090 g/mol. The second-order valence-corrected chi connectivity index (χ2v) is 18.6. The number of aromatic nitrogens is 1. The minimum atomic E-state index is -1.78. The fraction of sp³-hybridized carbons (Fsp3) is 0.400. The first-order chi connectivity index (χ1) is 36.0. The van der Waals surface area contributed by atoms with E-state index in [1.807, 2.05) is 24.3 Å². The number of hydrogen-bond acceptors (Lipinski definition) is 15. The summed E-state index contributed by atoms with van der Waals surface area (Å²) in [5.74, 6) is -11.0. The summed E-state index contributed by atoms with van der Waals surface area (Å²) < 4.78 is 0. The number of fused-ring (bicyclic) bond motifs is 1. The average Bonchev–Trinajstić information content (AvgIpc) is 3.79. The fourth-order valence-corrected chi connectivity index (χ4v) is 8.11. The van der Waals surface area contributed by atoms with Gasteiger partial charge in [0.15, 0.2) is 0 Å². The van der Waals surface area contributed by atoms with Gasteiger partial charge in [-0.2, -0.15) is 25.3 Å². The molecule has 11 atom stereocenters. The fourth-order valence-electron chi connectivity index (χ4n) is 7.61. The third-order valence-corrected chi connectivity index (χ3v) is 12.5. The molecule has 0 aliphatic rings. The van der Waals surface area contributed by atoms with E-state index in [2.05, 4.69) is 72.8 Å². The maximum atomic E-state index is 14.3. The van der Waals surface area contributed by atoms with Crippen molar-refractivity contribution in [2.45, 2.75) is 113 Å². The smallest absolute Gasteiger partial charge is 0.327 e. The first-order valence-corrected chi connectivity index (χ1v) is 25.2. The van der Waals surface area contributed by atoms with Crippen molar-refractivity contribution in [3.05, 3.63) is 108 Å². The zero-order valence-electron chi connectivity index (χ0n) is 41.7. The van der Waals surface area contributed by atoms with Crippen molar-refractivity contribution in [1.29, 1.82) is 0 Å². The number of amides is 9. The van der Waals surface area contributed by atoms with Crippen molar-refractivity contribution >= 4 is 95.3 Å². The quantitative estimate of drug-likeness (QED) is 0.0241. The van der Waals surface area contributed by atoms with Crippen molar-refractivity contribution in [2.24, 2.45) is 11.5 Å². The van der Waals surface area contributed by atoms with E-state index >= 15 is 0 Å². The van der Waals surface area contributed by atoms with Crippen LogP contribution in [0.25, 0.3) is 10.9 Å². The molecule has 26 heteroatoms. The number of rotatable bonds is 29. The zero-order valence-corrected chi connectivity index (χ0v) is 43.5. The lowest BCUT2D eigenvalue weighted by atomic mass is 10.0. The Bertz CT molecular complexity index is 2680. The number of carbonyl (C=O) groups excluding carboxylic acids is 9. The van der Waals surface area contributed by atoms with Gasteiger partial charge >= 0.3 is 5.97 Å². The Morgan fingerprint density at radius 3 is 1.43 bits per heavy atom. The van der Waals surface area contributed by atoms with Crippen molar-refractivity contribution in [2.75, 3.05) is 11.5 Å². The highest BCUT2D eigenvalue weighted by Gasteiger charge is 2.36. The molecule has 0 spiro atoms. The maximum absolute atomic E-state index is 14.3. The Kier molecular flexibility index (Phi) is 23.7. The molecule has 0 bridgehead atoms. The van der Waals surface area contributed by atoms with Crippen LogP contribution in [-0.4, -0.2) is 158 Å². The SMILES string of the molecule is C[C@H](NC(=O)[C@@H](NC(=O)[C@H](CS)NC(=O)[C@H](Cc1ccccc1)NC(=O)[C@H](CC(N)=O)NC(=O)[C@H](Cc1ccccc1)NC(=O)[C@@H](NC(=O)[C@@H](N)Cc1c[nH]c2ccccc12)[C@@H](C)O)[C@@H](C)O)C(=O)N[C@@H](CS)C(=O)O. The van der Waals surface area contributed by atoms with E-state index in [9.17, 15) is 63.3 Å². The lowest BCUT2D eigenvalue weighted by Gasteiger charge is -2.28. The number of carbonyl (C=O) groups is 10. The molecule has 24 nitrogen and oxygen atoms in total. The van der Waals surface area contributed by atoms with Crippen molar-refractivity contribution in [3.63, 3.8) is 0 Å². The normalized spacial score (nSPS) is 15.5. The molecule has 410 valence electrons. The number of aliphatic hydroxyl groups is 2. The van der Waals surface area contributed by atoms with Crippen LogP contribution in [0.5, 0.6) is 0 Å². The lowest BCUT2D eigenvalue weighted by Crippen LogP contribution is -2.62. The van der Waals surface area contributed by atoms with E-state index in [4.69, 9.17) is 11.5 Å². The first kappa shape index (κ1) is 61.0. The molecule has 1 aromatic heterocycles. The van der Waals surface area contributed by atoms with Crippen LogP contribution in [-0.2, 0) is 67.2 Å². The predicted octanol–water partition coefficient (Wildman–Crippen LogP) is -3.00. The summed E-state index contributed by atoms with van der Waals surface area (Å²) in [4.78, 5) is 136. The van der Waals surface area contributed by atoms with Crippen LogP contribution in [0.3, 0.4) is 0 Å². The molecule has 0 aliphatic carbocycles. The Hall–Kier alpha value is -7.52. The molecule has 4 aromatic rings. The Morgan fingerprint density at radius 1 is 0.513 bits per heavy atom. The molecule has 16 N–H and O–H groups in total. The molecule has 0 unspecified atom stereocenters. The van der Waals surface area contributed by atoms with Crippen molar-refractivity contribution < 1.29 is 63.3 Å². The van der Waals surface area contributed by atoms with E-state index in [0.29, 0.717) is 11.1 Å². The van der Waals surface area contributed by atoms with Crippen LogP contribution in [0.15, 0.2) is 91.1 Å². The molecule has 0 aliphatic heterocycles. The summed E-state index contributed by atoms with van der Waals surface area (Å²) >= 11 is 8.08. The molecule has 4 rings (SSSR count). The maximum Gasteiger partial charge on any atom is 0.327 e. The molecule has 9 amide bonds. The number of primary amides is 1. The number of aliphatic carboxylic acids is 1. The summed E-state index contributed by atoms with van der Waals surface area (Å²) in [5.41, 5.74) is 14.4. The molecule has 76 heavy (non-hydrogen) atoms. The number of aromatic amines is 1. The third kappa shape index (κ3) is 18.4. The van der Waals surface area contributed by atoms with Gasteiger partial charge in [-0.15, -0.1) is 0 Å². The van der Waals surface area contributed by atoms with Crippen molar-refractivity contribution in [1.82, 2.24) is 47.5 Å². The molecule has 3 aromatic carbocycles. The molecule has 0 saturated carbocycles. The summed E-state index contributed by atoms with van der Waals surface area (Å²) in [7, 11) is 0. The Labute approximate surface area is 448 Å². The number of para-hydroxylation sites is 1. The van der Waals surface area contributed by atoms with E-state index < -0.39 is 138 Å².